The zero-order valence-corrected chi connectivity index (χ0v) is 15.9. The standard InChI is InChI=1S/C22H21N3OS/c1-25(19-8-4-2-5-9-19)20-14-12-18(13-15-20)16-23-24-22(26)17-27-21-10-6-3-7-11-21/h2-16H,17H2,1H3,(H,24,26). The smallest absolute Gasteiger partial charge is 0.250 e. The lowest BCUT2D eigenvalue weighted by Crippen LogP contribution is -2.19. The minimum absolute atomic E-state index is 0.125. The fourth-order valence-corrected chi connectivity index (χ4v) is 3.17. The average Bonchev–Trinajstić information content (AvgIpc) is 2.74. The minimum Gasteiger partial charge on any atom is -0.345 e. The summed E-state index contributed by atoms with van der Waals surface area (Å²) in [6.45, 7) is 0. The molecule has 5 heteroatoms. The molecule has 0 heterocycles. The monoisotopic (exact) mass is 375 g/mol. The summed E-state index contributed by atoms with van der Waals surface area (Å²) >= 11 is 1.49. The number of nitrogens with zero attached hydrogens (tertiary/aromatic N) is 2. The summed E-state index contributed by atoms with van der Waals surface area (Å²) in [4.78, 5) is 15.0. The lowest BCUT2D eigenvalue weighted by atomic mass is 10.2. The molecule has 0 fully saturated rings. The quantitative estimate of drug-likeness (QED) is 0.370. The Kier molecular flexibility index (Phi) is 6.66. The van der Waals surface area contributed by atoms with E-state index >= 15 is 0 Å². The summed E-state index contributed by atoms with van der Waals surface area (Å²) < 4.78 is 0. The van der Waals surface area contributed by atoms with Gasteiger partial charge in [0.05, 0.1) is 12.0 Å². The van der Waals surface area contributed by atoms with Gasteiger partial charge in [-0.1, -0.05) is 48.5 Å². The minimum atomic E-state index is -0.125. The third kappa shape index (κ3) is 5.72. The molecular weight excluding hydrogens is 354 g/mol. The molecule has 27 heavy (non-hydrogen) atoms. The zero-order chi connectivity index (χ0) is 18.9. The van der Waals surface area contributed by atoms with Crippen molar-refractivity contribution in [3.63, 3.8) is 0 Å². The average molecular weight is 375 g/mol. The second-order valence-corrected chi connectivity index (χ2v) is 6.93. The number of anilines is 2. The van der Waals surface area contributed by atoms with Gasteiger partial charge in [0, 0.05) is 23.3 Å². The van der Waals surface area contributed by atoms with Crippen LogP contribution in [0.5, 0.6) is 0 Å². The van der Waals surface area contributed by atoms with Crippen LogP contribution in [-0.4, -0.2) is 24.9 Å². The van der Waals surface area contributed by atoms with Gasteiger partial charge in [0.2, 0.25) is 5.91 Å². The van der Waals surface area contributed by atoms with Crippen molar-refractivity contribution in [1.82, 2.24) is 5.43 Å². The van der Waals surface area contributed by atoms with Gasteiger partial charge < -0.3 is 4.90 Å². The van der Waals surface area contributed by atoms with Crippen molar-refractivity contribution >= 4 is 35.3 Å². The fourth-order valence-electron chi connectivity index (χ4n) is 2.46. The number of thioether (sulfide) groups is 1. The molecule has 0 bridgehead atoms. The molecule has 0 saturated heterocycles. The van der Waals surface area contributed by atoms with Crippen molar-refractivity contribution in [2.24, 2.45) is 5.10 Å². The number of rotatable bonds is 7. The lowest BCUT2D eigenvalue weighted by Gasteiger charge is -2.19. The Morgan fingerprint density at radius 3 is 2.19 bits per heavy atom. The van der Waals surface area contributed by atoms with Crippen LogP contribution in [0.4, 0.5) is 11.4 Å². The van der Waals surface area contributed by atoms with Crippen molar-refractivity contribution in [2.45, 2.75) is 4.90 Å². The van der Waals surface area contributed by atoms with Crippen LogP contribution >= 0.6 is 11.8 Å². The fraction of sp³-hybridized carbons (Fsp3) is 0.0909. The highest BCUT2D eigenvalue weighted by molar-refractivity contribution is 8.00. The summed E-state index contributed by atoms with van der Waals surface area (Å²) in [7, 11) is 2.03. The molecule has 3 rings (SSSR count). The molecule has 0 aliphatic carbocycles. The Morgan fingerprint density at radius 2 is 1.52 bits per heavy atom. The summed E-state index contributed by atoms with van der Waals surface area (Å²) in [5, 5.41) is 4.04. The molecule has 3 aromatic rings. The Morgan fingerprint density at radius 1 is 0.926 bits per heavy atom. The van der Waals surface area contributed by atoms with Gasteiger partial charge in [0.15, 0.2) is 0 Å². The van der Waals surface area contributed by atoms with Crippen molar-refractivity contribution < 1.29 is 4.79 Å². The maximum absolute atomic E-state index is 11.9. The second kappa shape index (κ2) is 9.59. The van der Waals surface area contributed by atoms with E-state index in [1.807, 2.05) is 79.8 Å². The van der Waals surface area contributed by atoms with Crippen LogP contribution in [-0.2, 0) is 4.79 Å². The van der Waals surface area contributed by atoms with E-state index in [0.29, 0.717) is 5.75 Å². The molecule has 3 aromatic carbocycles. The van der Waals surface area contributed by atoms with Gasteiger partial charge in [-0.3, -0.25) is 4.79 Å². The van der Waals surface area contributed by atoms with Crippen LogP contribution in [0.3, 0.4) is 0 Å². The number of carbonyl (C=O) groups is 1. The number of benzene rings is 3. The van der Waals surface area contributed by atoms with Gasteiger partial charge in [-0.2, -0.15) is 5.10 Å². The Bertz CT molecular complexity index is 880. The zero-order valence-electron chi connectivity index (χ0n) is 15.1. The number of hydrogen-bond acceptors (Lipinski definition) is 4. The first-order valence-corrected chi connectivity index (χ1v) is 9.59. The third-order valence-corrected chi connectivity index (χ3v) is 4.95. The number of hydrazone groups is 1. The highest BCUT2D eigenvalue weighted by Crippen LogP contribution is 2.23. The van der Waals surface area contributed by atoms with E-state index in [2.05, 4.69) is 27.6 Å². The summed E-state index contributed by atoms with van der Waals surface area (Å²) in [6.07, 6.45) is 1.65. The molecule has 0 atom stereocenters. The SMILES string of the molecule is CN(c1ccccc1)c1ccc(C=NNC(=O)CSc2ccccc2)cc1. The Labute approximate surface area is 163 Å². The van der Waals surface area contributed by atoms with Crippen LogP contribution in [0, 0.1) is 0 Å². The first-order valence-electron chi connectivity index (χ1n) is 8.61. The highest BCUT2D eigenvalue weighted by atomic mass is 32.2. The van der Waals surface area contributed by atoms with Gasteiger partial charge in [-0.25, -0.2) is 5.43 Å². The van der Waals surface area contributed by atoms with Gasteiger partial charge >= 0.3 is 0 Å². The van der Waals surface area contributed by atoms with Gasteiger partial charge in [0.1, 0.15) is 0 Å². The molecule has 0 aliphatic rings. The number of hydrogen-bond donors (Lipinski definition) is 1. The molecule has 0 radical (unpaired) electrons. The van der Waals surface area contributed by atoms with E-state index in [1.54, 1.807) is 6.21 Å². The number of amides is 1. The van der Waals surface area contributed by atoms with Crippen LogP contribution in [0.1, 0.15) is 5.56 Å². The van der Waals surface area contributed by atoms with Crippen LogP contribution < -0.4 is 10.3 Å². The first-order chi connectivity index (χ1) is 13.2. The molecule has 1 amide bonds. The van der Waals surface area contributed by atoms with E-state index in [9.17, 15) is 4.79 Å². The van der Waals surface area contributed by atoms with E-state index < -0.39 is 0 Å². The molecule has 1 N–H and O–H groups in total. The van der Waals surface area contributed by atoms with Crippen LogP contribution in [0.2, 0.25) is 0 Å². The van der Waals surface area contributed by atoms with E-state index in [1.165, 1.54) is 11.8 Å². The number of carbonyl (C=O) groups excluding carboxylic acids is 1. The first kappa shape index (κ1) is 18.7. The van der Waals surface area contributed by atoms with Crippen LogP contribution in [0.15, 0.2) is 94.9 Å². The Balaban J connectivity index is 1.50. The summed E-state index contributed by atoms with van der Waals surface area (Å²) in [6, 6.07) is 28.0. The topological polar surface area (TPSA) is 44.7 Å². The van der Waals surface area contributed by atoms with E-state index in [-0.39, 0.29) is 5.91 Å². The highest BCUT2D eigenvalue weighted by Gasteiger charge is 2.03. The van der Waals surface area contributed by atoms with Gasteiger partial charge in [0.25, 0.3) is 0 Å². The maximum Gasteiger partial charge on any atom is 0.250 e. The molecule has 4 nitrogen and oxygen atoms in total. The predicted octanol–water partition coefficient (Wildman–Crippen LogP) is 4.70. The Hall–Kier alpha value is -3.05. The van der Waals surface area contributed by atoms with Gasteiger partial charge in [-0.15, -0.1) is 11.8 Å². The molecule has 0 saturated carbocycles. The number of nitrogens with one attached hydrogen (secondary N) is 1. The lowest BCUT2D eigenvalue weighted by molar-refractivity contribution is -0.118. The van der Waals surface area contributed by atoms with Crippen molar-refractivity contribution in [3.05, 3.63) is 90.5 Å². The maximum atomic E-state index is 11.9. The second-order valence-electron chi connectivity index (χ2n) is 5.88. The van der Waals surface area contributed by atoms with Crippen molar-refractivity contribution in [2.75, 3.05) is 17.7 Å². The van der Waals surface area contributed by atoms with Gasteiger partial charge in [-0.05, 0) is 42.0 Å². The predicted molar refractivity (Wildman–Crippen MR) is 114 cm³/mol. The summed E-state index contributed by atoms with van der Waals surface area (Å²) in [5.74, 6) is 0.211. The molecule has 0 unspecified atom stereocenters. The normalized spacial score (nSPS) is 10.7. The van der Waals surface area contributed by atoms with E-state index in [4.69, 9.17) is 0 Å². The largest absolute Gasteiger partial charge is 0.345 e. The summed E-state index contributed by atoms with van der Waals surface area (Å²) in [5.41, 5.74) is 5.70. The molecule has 0 aromatic heterocycles. The molecule has 136 valence electrons. The molecular formula is C22H21N3OS. The van der Waals surface area contributed by atoms with Crippen molar-refractivity contribution in [3.8, 4) is 0 Å². The third-order valence-electron chi connectivity index (χ3n) is 3.94. The number of para-hydroxylation sites is 1. The van der Waals surface area contributed by atoms with Crippen molar-refractivity contribution in [1.29, 1.82) is 0 Å². The molecule has 0 spiro atoms. The van der Waals surface area contributed by atoms with Crippen LogP contribution in [0.25, 0.3) is 0 Å². The molecule has 0 aliphatic heterocycles. The van der Waals surface area contributed by atoms with E-state index in [0.717, 1.165) is 21.8 Å².